The predicted molar refractivity (Wildman–Crippen MR) is 89.4 cm³/mol. The van der Waals surface area contributed by atoms with Crippen molar-refractivity contribution in [3.63, 3.8) is 0 Å². The molecule has 1 aliphatic heterocycles. The van der Waals surface area contributed by atoms with Crippen LogP contribution in [0.2, 0.25) is 0 Å². The molecule has 2 aliphatic rings. The van der Waals surface area contributed by atoms with Gasteiger partial charge in [0.05, 0.1) is 18.8 Å². The summed E-state index contributed by atoms with van der Waals surface area (Å²) in [6, 6.07) is 10.1. The van der Waals surface area contributed by atoms with Crippen molar-refractivity contribution in [2.45, 2.75) is 62.9 Å². The molecule has 0 aromatic heterocycles. The molecule has 0 bridgehead atoms. The normalized spacial score (nSPS) is 26.7. The molecule has 1 heterocycles. The lowest BCUT2D eigenvalue weighted by Gasteiger charge is -2.32. The summed E-state index contributed by atoms with van der Waals surface area (Å²) >= 11 is 0. The van der Waals surface area contributed by atoms with E-state index >= 15 is 0 Å². The van der Waals surface area contributed by atoms with Crippen LogP contribution >= 0.6 is 0 Å². The van der Waals surface area contributed by atoms with Crippen LogP contribution in [0.3, 0.4) is 0 Å². The maximum atomic E-state index is 11.0. The van der Waals surface area contributed by atoms with Crippen molar-refractivity contribution in [3.05, 3.63) is 35.9 Å². The fraction of sp³-hybridized carbons (Fsp3) is 0.647. The van der Waals surface area contributed by atoms with Gasteiger partial charge in [0.25, 0.3) is 0 Å². The first-order chi connectivity index (χ1) is 11.5. The number of nitrogens with two attached hydrogens (primary N) is 1. The van der Waals surface area contributed by atoms with Crippen LogP contribution < -0.4 is 5.14 Å². The average molecular weight is 355 g/mol. The van der Waals surface area contributed by atoms with Crippen molar-refractivity contribution < 1.29 is 22.1 Å². The summed E-state index contributed by atoms with van der Waals surface area (Å²) in [5.74, 6) is -0.510. The van der Waals surface area contributed by atoms with Crippen LogP contribution in [0.25, 0.3) is 0 Å². The van der Waals surface area contributed by atoms with Crippen LogP contribution in [0.15, 0.2) is 30.3 Å². The summed E-state index contributed by atoms with van der Waals surface area (Å²) in [4.78, 5) is 0. The molecule has 1 spiro atoms. The van der Waals surface area contributed by atoms with Crippen molar-refractivity contribution >= 4 is 10.3 Å². The van der Waals surface area contributed by atoms with Gasteiger partial charge in [-0.3, -0.25) is 4.18 Å². The Labute approximate surface area is 143 Å². The molecule has 0 amide bonds. The standard InChI is InChI=1S/C17H25NO5S/c18-24(19,20)21-12-9-15-16(13-14-7-3-1-4-8-14)23-17(22-15)10-5-2-6-11-17/h1,3-4,7-8,15-16H,2,5-6,9-13H2,(H2,18,19,20)/t15-,16-/m0/s1. The molecular weight excluding hydrogens is 330 g/mol. The van der Waals surface area contributed by atoms with Crippen molar-refractivity contribution in [1.29, 1.82) is 0 Å². The van der Waals surface area contributed by atoms with Gasteiger partial charge in [-0.2, -0.15) is 8.42 Å². The minimum Gasteiger partial charge on any atom is -0.344 e. The van der Waals surface area contributed by atoms with Crippen LogP contribution in [-0.4, -0.2) is 33.0 Å². The first kappa shape index (κ1) is 17.8. The molecule has 2 atom stereocenters. The zero-order chi connectivity index (χ0) is 17.0. The third-order valence-electron chi connectivity index (χ3n) is 4.69. The van der Waals surface area contributed by atoms with E-state index in [0.29, 0.717) is 6.42 Å². The van der Waals surface area contributed by atoms with E-state index in [1.165, 1.54) is 12.0 Å². The van der Waals surface area contributed by atoms with E-state index in [2.05, 4.69) is 16.3 Å². The van der Waals surface area contributed by atoms with Gasteiger partial charge in [-0.15, -0.1) is 0 Å². The van der Waals surface area contributed by atoms with Gasteiger partial charge < -0.3 is 9.47 Å². The summed E-state index contributed by atoms with van der Waals surface area (Å²) in [5, 5.41) is 4.89. The van der Waals surface area contributed by atoms with E-state index in [1.54, 1.807) is 0 Å². The Hall–Kier alpha value is -0.990. The summed E-state index contributed by atoms with van der Waals surface area (Å²) in [5.41, 5.74) is 1.18. The van der Waals surface area contributed by atoms with Crippen LogP contribution in [0, 0.1) is 0 Å². The molecule has 7 heteroatoms. The molecule has 134 valence electrons. The Morgan fingerprint density at radius 3 is 2.42 bits per heavy atom. The Morgan fingerprint density at radius 2 is 1.75 bits per heavy atom. The molecule has 2 N–H and O–H groups in total. The van der Waals surface area contributed by atoms with Gasteiger partial charge in [0.2, 0.25) is 0 Å². The highest BCUT2D eigenvalue weighted by atomic mass is 32.2. The number of hydrogen-bond donors (Lipinski definition) is 1. The highest BCUT2D eigenvalue weighted by Crippen LogP contribution is 2.42. The smallest absolute Gasteiger partial charge is 0.333 e. The van der Waals surface area contributed by atoms with Crippen LogP contribution in [0.4, 0.5) is 0 Å². The first-order valence-electron chi connectivity index (χ1n) is 8.53. The van der Waals surface area contributed by atoms with Crippen LogP contribution in [0.1, 0.15) is 44.1 Å². The average Bonchev–Trinajstić information content (AvgIpc) is 2.85. The quantitative estimate of drug-likeness (QED) is 0.846. The first-order valence-corrected chi connectivity index (χ1v) is 10.00. The molecule has 0 radical (unpaired) electrons. The minimum atomic E-state index is -3.92. The fourth-order valence-corrected chi connectivity index (χ4v) is 3.93. The lowest BCUT2D eigenvalue weighted by Crippen LogP contribution is -2.33. The van der Waals surface area contributed by atoms with Gasteiger partial charge in [-0.05, 0) is 18.4 Å². The second-order valence-electron chi connectivity index (χ2n) is 6.58. The molecule has 24 heavy (non-hydrogen) atoms. The number of rotatable bonds is 6. The van der Waals surface area contributed by atoms with Crippen molar-refractivity contribution in [2.75, 3.05) is 6.61 Å². The molecule has 0 unspecified atom stereocenters. The number of benzene rings is 1. The third kappa shape index (κ3) is 4.77. The highest BCUT2D eigenvalue weighted by molar-refractivity contribution is 7.84. The van der Waals surface area contributed by atoms with Gasteiger partial charge in [0.1, 0.15) is 0 Å². The number of hydrogen-bond acceptors (Lipinski definition) is 5. The molecule has 3 rings (SSSR count). The Balaban J connectivity index is 1.67. The Kier molecular flexibility index (Phi) is 5.56. The monoisotopic (exact) mass is 355 g/mol. The summed E-state index contributed by atoms with van der Waals surface area (Å²) in [6.07, 6.45) is 6.07. The molecule has 1 aromatic rings. The summed E-state index contributed by atoms with van der Waals surface area (Å²) in [7, 11) is -3.92. The van der Waals surface area contributed by atoms with E-state index < -0.39 is 16.1 Å². The molecule has 6 nitrogen and oxygen atoms in total. The van der Waals surface area contributed by atoms with Gasteiger partial charge in [0, 0.05) is 25.7 Å². The SMILES string of the molecule is NS(=O)(=O)OCC[C@@H]1OC2(CCCCC2)O[C@H]1Cc1ccccc1. The minimum absolute atomic E-state index is 0.00816. The fourth-order valence-electron chi connectivity index (χ4n) is 3.60. The van der Waals surface area contributed by atoms with Crippen LogP contribution in [0.5, 0.6) is 0 Å². The second kappa shape index (κ2) is 7.49. The van der Waals surface area contributed by atoms with Gasteiger partial charge in [-0.1, -0.05) is 36.8 Å². The number of ether oxygens (including phenoxy) is 2. The Morgan fingerprint density at radius 1 is 1.08 bits per heavy atom. The van der Waals surface area contributed by atoms with Gasteiger partial charge >= 0.3 is 10.3 Å². The lowest BCUT2D eigenvalue weighted by atomic mass is 9.94. The van der Waals surface area contributed by atoms with Crippen molar-refractivity contribution in [1.82, 2.24) is 0 Å². The molecule has 1 aromatic carbocycles. The zero-order valence-electron chi connectivity index (χ0n) is 13.7. The summed E-state index contributed by atoms with van der Waals surface area (Å²) < 4.78 is 39.2. The van der Waals surface area contributed by atoms with E-state index in [4.69, 9.17) is 14.6 Å². The molecule has 1 aliphatic carbocycles. The topological polar surface area (TPSA) is 87.9 Å². The third-order valence-corrected chi connectivity index (χ3v) is 5.19. The van der Waals surface area contributed by atoms with E-state index in [1.807, 2.05) is 18.2 Å². The largest absolute Gasteiger partial charge is 0.344 e. The van der Waals surface area contributed by atoms with E-state index in [9.17, 15) is 8.42 Å². The maximum absolute atomic E-state index is 11.0. The van der Waals surface area contributed by atoms with Crippen LogP contribution in [-0.2, 0) is 30.4 Å². The van der Waals surface area contributed by atoms with Crippen molar-refractivity contribution in [3.8, 4) is 0 Å². The molecule has 1 saturated carbocycles. The van der Waals surface area contributed by atoms with Crippen molar-refractivity contribution in [2.24, 2.45) is 5.14 Å². The molecule has 2 fully saturated rings. The van der Waals surface area contributed by atoms with Gasteiger partial charge in [-0.25, -0.2) is 5.14 Å². The van der Waals surface area contributed by atoms with E-state index in [-0.39, 0.29) is 18.8 Å². The second-order valence-corrected chi connectivity index (χ2v) is 7.80. The van der Waals surface area contributed by atoms with E-state index in [0.717, 1.165) is 32.1 Å². The Bertz CT molecular complexity index is 628. The lowest BCUT2D eigenvalue weighted by molar-refractivity contribution is -0.194. The molecular formula is C17H25NO5S. The van der Waals surface area contributed by atoms with Gasteiger partial charge in [0.15, 0.2) is 5.79 Å². The zero-order valence-corrected chi connectivity index (χ0v) is 14.5. The maximum Gasteiger partial charge on any atom is 0.333 e. The summed E-state index contributed by atoms with van der Waals surface area (Å²) in [6.45, 7) is 0.00816. The highest BCUT2D eigenvalue weighted by Gasteiger charge is 2.47. The molecule has 1 saturated heterocycles. The predicted octanol–water partition coefficient (Wildman–Crippen LogP) is 2.28.